The maximum absolute atomic E-state index is 13.5. The molecule has 2 N–H and O–H groups in total. The van der Waals surface area contributed by atoms with Crippen LogP contribution in [0.15, 0.2) is 42.5 Å². The molecule has 0 aromatic heterocycles. The van der Waals surface area contributed by atoms with Crippen molar-refractivity contribution in [2.75, 3.05) is 7.11 Å². The van der Waals surface area contributed by atoms with Crippen molar-refractivity contribution in [2.45, 2.75) is 38.5 Å². The van der Waals surface area contributed by atoms with Crippen LogP contribution in [0.1, 0.15) is 29.5 Å². The van der Waals surface area contributed by atoms with Gasteiger partial charge in [0, 0.05) is 18.2 Å². The fourth-order valence-corrected chi connectivity index (χ4v) is 3.07. The molecule has 1 unspecified atom stereocenters. The minimum Gasteiger partial charge on any atom is -0.497 e. The molecule has 0 amide bonds. The second-order valence-corrected chi connectivity index (χ2v) is 6.46. The lowest BCUT2D eigenvalue weighted by molar-refractivity contribution is 0.275. The third-order valence-corrected chi connectivity index (χ3v) is 4.63. The van der Waals surface area contributed by atoms with Crippen molar-refractivity contribution in [3.63, 3.8) is 0 Å². The third-order valence-electron chi connectivity index (χ3n) is 4.63. The maximum Gasteiger partial charge on any atom is 0.128 e. The molecule has 1 fully saturated rings. The number of hydrogen-bond acceptors (Lipinski definition) is 3. The van der Waals surface area contributed by atoms with E-state index in [1.807, 2.05) is 12.1 Å². The minimum atomic E-state index is -0.351. The number of benzene rings is 2. The highest BCUT2D eigenvalue weighted by Gasteiger charge is 2.30. The SMILES string of the molecule is COc1cccc(CC(NCc2ccc(F)c(CO)c2)C2CC2)c1. The molecule has 1 saturated carbocycles. The lowest BCUT2D eigenvalue weighted by Crippen LogP contribution is -2.32. The summed E-state index contributed by atoms with van der Waals surface area (Å²) >= 11 is 0. The highest BCUT2D eigenvalue weighted by molar-refractivity contribution is 5.29. The van der Waals surface area contributed by atoms with Gasteiger partial charge in [0.2, 0.25) is 0 Å². The zero-order chi connectivity index (χ0) is 16.9. The smallest absolute Gasteiger partial charge is 0.128 e. The third kappa shape index (κ3) is 4.34. The van der Waals surface area contributed by atoms with Gasteiger partial charge in [-0.05, 0) is 60.6 Å². The zero-order valence-electron chi connectivity index (χ0n) is 14.0. The van der Waals surface area contributed by atoms with E-state index < -0.39 is 0 Å². The average molecular weight is 329 g/mol. The molecule has 2 aromatic rings. The van der Waals surface area contributed by atoms with E-state index in [4.69, 9.17) is 4.74 Å². The standard InChI is InChI=1S/C20H24FNO2/c1-24-18-4-2-3-14(10-18)11-20(16-6-7-16)22-12-15-5-8-19(21)17(9-15)13-23/h2-5,8-10,16,20,22-23H,6-7,11-13H2,1H3. The van der Waals surface area contributed by atoms with Gasteiger partial charge in [-0.2, -0.15) is 0 Å². The average Bonchev–Trinajstić information content (AvgIpc) is 3.45. The number of halogens is 1. The van der Waals surface area contributed by atoms with Crippen LogP contribution in [0.25, 0.3) is 0 Å². The molecule has 128 valence electrons. The minimum absolute atomic E-state index is 0.268. The Labute approximate surface area is 142 Å². The summed E-state index contributed by atoms with van der Waals surface area (Å²) in [5.41, 5.74) is 2.61. The second-order valence-electron chi connectivity index (χ2n) is 6.46. The summed E-state index contributed by atoms with van der Waals surface area (Å²) < 4.78 is 18.8. The van der Waals surface area contributed by atoms with Crippen molar-refractivity contribution in [1.29, 1.82) is 0 Å². The number of methoxy groups -OCH3 is 1. The first-order chi connectivity index (χ1) is 11.7. The predicted octanol–water partition coefficient (Wildman–Crippen LogP) is 3.44. The summed E-state index contributed by atoms with van der Waals surface area (Å²) in [5, 5.41) is 12.8. The van der Waals surface area contributed by atoms with Crippen molar-refractivity contribution in [2.24, 2.45) is 5.92 Å². The molecule has 4 heteroatoms. The molecule has 3 rings (SSSR count). The molecule has 0 spiro atoms. The number of rotatable bonds is 8. The van der Waals surface area contributed by atoms with Gasteiger partial charge < -0.3 is 15.2 Å². The Morgan fingerprint density at radius 1 is 1.21 bits per heavy atom. The second kappa shape index (κ2) is 7.77. The van der Waals surface area contributed by atoms with E-state index in [2.05, 4.69) is 17.4 Å². The van der Waals surface area contributed by atoms with Crippen LogP contribution in [-0.2, 0) is 19.6 Å². The Hall–Kier alpha value is -1.91. The molecular formula is C20H24FNO2. The molecule has 24 heavy (non-hydrogen) atoms. The van der Waals surface area contributed by atoms with Crippen LogP contribution in [0.5, 0.6) is 5.75 Å². The van der Waals surface area contributed by atoms with Crippen molar-refractivity contribution < 1.29 is 14.2 Å². The molecule has 0 heterocycles. The summed E-state index contributed by atoms with van der Waals surface area (Å²) in [5.74, 6) is 1.23. The number of aliphatic hydroxyl groups is 1. The highest BCUT2D eigenvalue weighted by atomic mass is 19.1. The van der Waals surface area contributed by atoms with Crippen molar-refractivity contribution in [3.8, 4) is 5.75 Å². The molecule has 0 saturated heterocycles. The van der Waals surface area contributed by atoms with E-state index in [1.165, 1.54) is 24.5 Å². The zero-order valence-corrected chi connectivity index (χ0v) is 14.0. The molecule has 0 radical (unpaired) electrons. The van der Waals surface area contributed by atoms with Crippen molar-refractivity contribution >= 4 is 0 Å². The monoisotopic (exact) mass is 329 g/mol. The van der Waals surface area contributed by atoms with Crippen LogP contribution in [0, 0.1) is 11.7 Å². The van der Waals surface area contributed by atoms with Gasteiger partial charge in [-0.15, -0.1) is 0 Å². The van der Waals surface area contributed by atoms with Gasteiger partial charge >= 0.3 is 0 Å². The van der Waals surface area contributed by atoms with E-state index in [1.54, 1.807) is 19.2 Å². The van der Waals surface area contributed by atoms with Gasteiger partial charge in [0.05, 0.1) is 13.7 Å². The molecule has 2 aromatic carbocycles. The summed E-state index contributed by atoms with van der Waals surface area (Å²) in [7, 11) is 1.68. The van der Waals surface area contributed by atoms with E-state index in [-0.39, 0.29) is 12.4 Å². The fourth-order valence-electron chi connectivity index (χ4n) is 3.07. The summed E-state index contributed by atoms with van der Waals surface area (Å²) in [6.07, 6.45) is 3.47. The van der Waals surface area contributed by atoms with Crippen molar-refractivity contribution in [1.82, 2.24) is 5.32 Å². The van der Waals surface area contributed by atoms with Crippen LogP contribution >= 0.6 is 0 Å². The summed E-state index contributed by atoms with van der Waals surface area (Å²) in [4.78, 5) is 0. The summed E-state index contributed by atoms with van der Waals surface area (Å²) in [6, 6.07) is 13.5. The van der Waals surface area contributed by atoms with Crippen molar-refractivity contribution in [3.05, 3.63) is 65.0 Å². The van der Waals surface area contributed by atoms with Crippen LogP contribution < -0.4 is 10.1 Å². The molecule has 0 bridgehead atoms. The first-order valence-electron chi connectivity index (χ1n) is 8.44. The summed E-state index contributed by atoms with van der Waals surface area (Å²) in [6.45, 7) is 0.411. The van der Waals surface area contributed by atoms with Gasteiger partial charge in [-0.25, -0.2) is 4.39 Å². The van der Waals surface area contributed by atoms with E-state index >= 15 is 0 Å². The predicted molar refractivity (Wildman–Crippen MR) is 92.4 cm³/mol. The Kier molecular flexibility index (Phi) is 5.48. The topological polar surface area (TPSA) is 41.5 Å². The first-order valence-corrected chi connectivity index (χ1v) is 8.44. The van der Waals surface area contributed by atoms with Crippen LogP contribution in [0.2, 0.25) is 0 Å². The van der Waals surface area contributed by atoms with E-state index in [0.717, 1.165) is 17.7 Å². The Bertz CT molecular complexity index is 685. The Balaban J connectivity index is 1.64. The van der Waals surface area contributed by atoms with Crippen LogP contribution in [-0.4, -0.2) is 18.3 Å². The maximum atomic E-state index is 13.5. The largest absolute Gasteiger partial charge is 0.497 e. The quantitative estimate of drug-likeness (QED) is 0.779. The lowest BCUT2D eigenvalue weighted by atomic mass is 10.0. The lowest BCUT2D eigenvalue weighted by Gasteiger charge is -2.19. The molecule has 0 aliphatic heterocycles. The highest BCUT2D eigenvalue weighted by Crippen LogP contribution is 2.34. The first kappa shape index (κ1) is 16.9. The van der Waals surface area contributed by atoms with E-state index in [0.29, 0.717) is 24.1 Å². The fraction of sp³-hybridized carbons (Fsp3) is 0.400. The molecule has 1 atom stereocenters. The normalized spacial score (nSPS) is 15.3. The molecule has 1 aliphatic carbocycles. The van der Waals surface area contributed by atoms with Gasteiger partial charge in [-0.3, -0.25) is 0 Å². The van der Waals surface area contributed by atoms with E-state index in [9.17, 15) is 9.50 Å². The van der Waals surface area contributed by atoms with Crippen LogP contribution in [0.4, 0.5) is 4.39 Å². The van der Waals surface area contributed by atoms with Gasteiger partial charge in [0.25, 0.3) is 0 Å². The van der Waals surface area contributed by atoms with Gasteiger partial charge in [-0.1, -0.05) is 18.2 Å². The number of hydrogen-bond donors (Lipinski definition) is 2. The number of aliphatic hydroxyl groups excluding tert-OH is 1. The van der Waals surface area contributed by atoms with Gasteiger partial charge in [0.15, 0.2) is 0 Å². The molecule has 1 aliphatic rings. The molecular weight excluding hydrogens is 305 g/mol. The number of nitrogens with one attached hydrogen (secondary N) is 1. The Morgan fingerprint density at radius 3 is 2.75 bits per heavy atom. The Morgan fingerprint density at radius 2 is 2.04 bits per heavy atom. The number of ether oxygens (including phenoxy) is 1. The van der Waals surface area contributed by atoms with Crippen LogP contribution in [0.3, 0.4) is 0 Å². The molecule has 3 nitrogen and oxygen atoms in total. The van der Waals surface area contributed by atoms with Gasteiger partial charge in [0.1, 0.15) is 11.6 Å².